The number of rotatable bonds is 3. The van der Waals surface area contributed by atoms with Gasteiger partial charge in [-0.2, -0.15) is 0 Å². The molecular formula is C13H18FN3O2. The van der Waals surface area contributed by atoms with E-state index in [-0.39, 0.29) is 17.0 Å². The number of carbonyl (C=O) groups is 2. The third kappa shape index (κ3) is 3.43. The number of halogens is 1. The first-order valence-electron chi connectivity index (χ1n) is 5.81. The minimum Gasteiger partial charge on any atom is -0.399 e. The van der Waals surface area contributed by atoms with Crippen LogP contribution in [0.15, 0.2) is 12.1 Å². The van der Waals surface area contributed by atoms with Crippen molar-refractivity contribution < 1.29 is 14.0 Å². The normalized spacial score (nSPS) is 11.8. The van der Waals surface area contributed by atoms with E-state index in [1.807, 2.05) is 0 Å². The Morgan fingerprint density at radius 3 is 2.47 bits per heavy atom. The molecule has 0 saturated carbocycles. The van der Waals surface area contributed by atoms with Gasteiger partial charge in [0.25, 0.3) is 5.91 Å². The van der Waals surface area contributed by atoms with Gasteiger partial charge in [-0.1, -0.05) is 0 Å². The molecule has 0 radical (unpaired) electrons. The summed E-state index contributed by atoms with van der Waals surface area (Å²) >= 11 is 0. The van der Waals surface area contributed by atoms with Crippen molar-refractivity contribution in [1.82, 2.24) is 10.2 Å². The molecule has 5 nitrogen and oxygen atoms in total. The van der Waals surface area contributed by atoms with E-state index in [0.717, 1.165) is 0 Å². The smallest absolute Gasteiger partial charge is 0.254 e. The quantitative estimate of drug-likeness (QED) is 0.800. The van der Waals surface area contributed by atoms with Gasteiger partial charge in [0.2, 0.25) is 5.91 Å². The number of hydrogen-bond donors (Lipinski definition) is 2. The fraction of sp³-hybridized carbons (Fsp3) is 0.385. The summed E-state index contributed by atoms with van der Waals surface area (Å²) in [7, 11) is 3.16. The van der Waals surface area contributed by atoms with Crippen molar-refractivity contribution in [2.45, 2.75) is 19.9 Å². The van der Waals surface area contributed by atoms with Gasteiger partial charge in [-0.3, -0.25) is 9.59 Å². The standard InChI is InChI=1S/C13H18FN3O2/c1-7-5-9(15)6-10(11(7)14)12(18)16-8(2)13(19)17(3)4/h5-6,8H,15H2,1-4H3,(H,16,18). The summed E-state index contributed by atoms with van der Waals surface area (Å²) in [4.78, 5) is 24.9. The van der Waals surface area contributed by atoms with Crippen LogP contribution in [0, 0.1) is 12.7 Å². The van der Waals surface area contributed by atoms with Crippen LogP contribution in [0.4, 0.5) is 10.1 Å². The largest absolute Gasteiger partial charge is 0.399 e. The first-order chi connectivity index (χ1) is 8.73. The van der Waals surface area contributed by atoms with Gasteiger partial charge in [-0.15, -0.1) is 0 Å². The second kappa shape index (κ2) is 5.69. The molecule has 19 heavy (non-hydrogen) atoms. The number of anilines is 1. The van der Waals surface area contributed by atoms with Crippen LogP contribution in [0.1, 0.15) is 22.8 Å². The molecule has 0 aliphatic heterocycles. The van der Waals surface area contributed by atoms with Crippen molar-refractivity contribution in [3.8, 4) is 0 Å². The molecule has 0 aliphatic rings. The van der Waals surface area contributed by atoms with Crippen molar-refractivity contribution >= 4 is 17.5 Å². The third-order valence-electron chi connectivity index (χ3n) is 2.68. The molecule has 0 saturated heterocycles. The van der Waals surface area contributed by atoms with Crippen LogP contribution >= 0.6 is 0 Å². The zero-order valence-electron chi connectivity index (χ0n) is 11.5. The maximum absolute atomic E-state index is 13.8. The molecular weight excluding hydrogens is 249 g/mol. The molecule has 0 spiro atoms. The van der Waals surface area contributed by atoms with E-state index in [1.165, 1.54) is 30.9 Å². The second-order valence-corrected chi connectivity index (χ2v) is 4.63. The first kappa shape index (κ1) is 14.9. The SMILES string of the molecule is Cc1cc(N)cc(C(=O)NC(C)C(=O)N(C)C)c1F. The number of nitrogen functional groups attached to an aromatic ring is 1. The predicted molar refractivity (Wildman–Crippen MR) is 71.2 cm³/mol. The molecule has 3 N–H and O–H groups in total. The number of hydrogen-bond acceptors (Lipinski definition) is 3. The Hall–Kier alpha value is -2.11. The van der Waals surface area contributed by atoms with Crippen LogP contribution in [0.2, 0.25) is 0 Å². The van der Waals surface area contributed by atoms with Gasteiger partial charge in [-0.05, 0) is 31.5 Å². The number of amides is 2. The Kier molecular flexibility index (Phi) is 4.47. The van der Waals surface area contributed by atoms with Crippen LogP contribution in [0.3, 0.4) is 0 Å². The van der Waals surface area contributed by atoms with E-state index < -0.39 is 17.8 Å². The first-order valence-corrected chi connectivity index (χ1v) is 5.81. The number of carbonyl (C=O) groups excluding carboxylic acids is 2. The van der Waals surface area contributed by atoms with Crippen LogP contribution in [0.25, 0.3) is 0 Å². The zero-order valence-corrected chi connectivity index (χ0v) is 11.5. The molecule has 0 aliphatic carbocycles. The molecule has 0 heterocycles. The molecule has 104 valence electrons. The van der Waals surface area contributed by atoms with Crippen LogP contribution < -0.4 is 11.1 Å². The summed E-state index contributed by atoms with van der Waals surface area (Å²) in [5, 5.41) is 2.45. The van der Waals surface area contributed by atoms with Crippen LogP contribution in [0.5, 0.6) is 0 Å². The predicted octanol–water partition coefficient (Wildman–Crippen LogP) is 0.923. The number of likely N-dealkylation sites (N-methyl/N-ethyl adjacent to an activating group) is 1. The number of benzene rings is 1. The van der Waals surface area contributed by atoms with Gasteiger partial charge in [0.15, 0.2) is 0 Å². The number of nitrogens with zero attached hydrogens (tertiary/aromatic N) is 1. The fourth-order valence-corrected chi connectivity index (χ4v) is 1.69. The minimum absolute atomic E-state index is 0.157. The van der Waals surface area contributed by atoms with Crippen molar-refractivity contribution in [2.24, 2.45) is 0 Å². The lowest BCUT2D eigenvalue weighted by molar-refractivity contribution is -0.130. The molecule has 0 bridgehead atoms. The van der Waals surface area contributed by atoms with E-state index in [9.17, 15) is 14.0 Å². The van der Waals surface area contributed by atoms with Gasteiger partial charge < -0.3 is 16.0 Å². The highest BCUT2D eigenvalue weighted by Gasteiger charge is 2.21. The monoisotopic (exact) mass is 267 g/mol. The van der Waals surface area contributed by atoms with Gasteiger partial charge in [-0.25, -0.2) is 4.39 Å². The Bertz CT molecular complexity index is 515. The molecule has 2 amide bonds. The lowest BCUT2D eigenvalue weighted by Crippen LogP contribution is -2.44. The molecule has 0 fully saturated rings. The van der Waals surface area contributed by atoms with Crippen molar-refractivity contribution in [3.05, 3.63) is 29.1 Å². The zero-order chi connectivity index (χ0) is 14.7. The number of aryl methyl sites for hydroxylation is 1. The summed E-state index contributed by atoms with van der Waals surface area (Å²) in [5.74, 6) is -1.55. The van der Waals surface area contributed by atoms with Crippen molar-refractivity contribution in [3.63, 3.8) is 0 Å². The van der Waals surface area contributed by atoms with Crippen LogP contribution in [-0.2, 0) is 4.79 Å². The molecule has 1 atom stereocenters. The fourth-order valence-electron chi connectivity index (χ4n) is 1.69. The van der Waals surface area contributed by atoms with Gasteiger partial charge in [0.05, 0.1) is 5.56 Å². The highest BCUT2D eigenvalue weighted by atomic mass is 19.1. The van der Waals surface area contributed by atoms with Crippen molar-refractivity contribution in [2.75, 3.05) is 19.8 Å². The lowest BCUT2D eigenvalue weighted by atomic mass is 10.1. The summed E-state index contributed by atoms with van der Waals surface area (Å²) in [6.45, 7) is 3.06. The highest BCUT2D eigenvalue weighted by Crippen LogP contribution is 2.17. The van der Waals surface area contributed by atoms with Gasteiger partial charge >= 0.3 is 0 Å². The Labute approximate surface area is 111 Å². The van der Waals surface area contributed by atoms with Crippen LogP contribution in [-0.4, -0.2) is 36.9 Å². The minimum atomic E-state index is -0.733. The average molecular weight is 267 g/mol. The molecule has 6 heteroatoms. The van der Waals surface area contributed by atoms with Gasteiger partial charge in [0.1, 0.15) is 11.9 Å². The van der Waals surface area contributed by atoms with Crippen molar-refractivity contribution in [1.29, 1.82) is 0 Å². The van der Waals surface area contributed by atoms with Gasteiger partial charge in [0, 0.05) is 19.8 Å². The number of nitrogens with two attached hydrogens (primary N) is 1. The molecule has 1 aromatic carbocycles. The number of nitrogens with one attached hydrogen (secondary N) is 1. The summed E-state index contributed by atoms with van der Waals surface area (Å²) in [5.41, 5.74) is 6.02. The van der Waals surface area contributed by atoms with E-state index >= 15 is 0 Å². The average Bonchev–Trinajstić information content (AvgIpc) is 2.32. The van der Waals surface area contributed by atoms with E-state index in [1.54, 1.807) is 14.1 Å². The Morgan fingerprint density at radius 1 is 1.37 bits per heavy atom. The second-order valence-electron chi connectivity index (χ2n) is 4.63. The van der Waals surface area contributed by atoms with E-state index in [0.29, 0.717) is 5.69 Å². The lowest BCUT2D eigenvalue weighted by Gasteiger charge is -2.18. The Morgan fingerprint density at radius 2 is 1.95 bits per heavy atom. The van der Waals surface area contributed by atoms with E-state index in [2.05, 4.69) is 5.32 Å². The maximum atomic E-state index is 13.8. The third-order valence-corrected chi connectivity index (χ3v) is 2.68. The molecule has 1 rings (SSSR count). The summed E-state index contributed by atoms with van der Waals surface area (Å²) in [6, 6.07) is 1.97. The van der Waals surface area contributed by atoms with E-state index in [4.69, 9.17) is 5.73 Å². The summed E-state index contributed by atoms with van der Waals surface area (Å²) in [6.07, 6.45) is 0. The molecule has 1 unspecified atom stereocenters. The summed E-state index contributed by atoms with van der Waals surface area (Å²) < 4.78 is 13.8. The molecule has 1 aromatic rings. The topological polar surface area (TPSA) is 75.4 Å². The highest BCUT2D eigenvalue weighted by molar-refractivity contribution is 5.98. The maximum Gasteiger partial charge on any atom is 0.254 e. The molecule has 0 aromatic heterocycles. The Balaban J connectivity index is 2.93.